The Balaban J connectivity index is 2.06. The number of allylic oxidation sites excluding steroid dienone is 1. The summed E-state index contributed by atoms with van der Waals surface area (Å²) < 4.78 is 5.39. The normalized spacial score (nSPS) is 40.2. The van der Waals surface area contributed by atoms with Crippen LogP contribution >= 0.6 is 0 Å². The third kappa shape index (κ3) is 2.90. The molecule has 0 aromatic rings. The van der Waals surface area contributed by atoms with Crippen LogP contribution in [0.25, 0.3) is 0 Å². The highest BCUT2D eigenvalue weighted by Crippen LogP contribution is 2.38. The maximum absolute atomic E-state index is 10.6. The van der Waals surface area contributed by atoms with Crippen molar-refractivity contribution in [1.82, 2.24) is 4.90 Å². The van der Waals surface area contributed by atoms with Gasteiger partial charge < -0.3 is 9.84 Å². The number of rotatable bonds is 2. The van der Waals surface area contributed by atoms with Crippen molar-refractivity contribution in [3.63, 3.8) is 0 Å². The zero-order valence-corrected chi connectivity index (χ0v) is 11.1. The van der Waals surface area contributed by atoms with Crippen molar-refractivity contribution >= 4 is 0 Å². The van der Waals surface area contributed by atoms with Crippen LogP contribution in [0.2, 0.25) is 0 Å². The second-order valence-electron chi connectivity index (χ2n) is 5.84. The van der Waals surface area contributed by atoms with Crippen LogP contribution in [0.1, 0.15) is 33.1 Å². The average molecular weight is 239 g/mol. The maximum atomic E-state index is 10.6. The quantitative estimate of drug-likeness (QED) is 0.746. The minimum Gasteiger partial charge on any atom is -0.389 e. The summed E-state index contributed by atoms with van der Waals surface area (Å²) in [5, 5.41) is 10.6. The van der Waals surface area contributed by atoms with Gasteiger partial charge in [0.1, 0.15) is 0 Å². The molecule has 1 aliphatic heterocycles. The Bertz CT molecular complexity index is 282. The molecule has 3 atom stereocenters. The Kier molecular flexibility index (Phi) is 3.91. The van der Waals surface area contributed by atoms with E-state index in [-0.39, 0.29) is 6.04 Å². The van der Waals surface area contributed by atoms with Crippen LogP contribution < -0.4 is 0 Å². The van der Waals surface area contributed by atoms with Gasteiger partial charge in [-0.3, -0.25) is 4.90 Å². The molecule has 2 fully saturated rings. The second kappa shape index (κ2) is 5.09. The van der Waals surface area contributed by atoms with E-state index in [1.165, 1.54) is 5.57 Å². The monoisotopic (exact) mass is 239 g/mol. The molecule has 2 aliphatic rings. The summed E-state index contributed by atoms with van der Waals surface area (Å²) >= 11 is 0. The first-order valence-corrected chi connectivity index (χ1v) is 6.70. The Labute approximate surface area is 104 Å². The minimum atomic E-state index is -0.552. The van der Waals surface area contributed by atoms with Crippen molar-refractivity contribution in [1.29, 1.82) is 0 Å². The maximum Gasteiger partial charge on any atom is 0.0774 e. The topological polar surface area (TPSA) is 32.7 Å². The first-order valence-electron chi connectivity index (χ1n) is 6.70. The van der Waals surface area contributed by atoms with Crippen LogP contribution in [-0.4, -0.2) is 48.0 Å². The summed E-state index contributed by atoms with van der Waals surface area (Å²) in [6.45, 7) is 11.7. The van der Waals surface area contributed by atoms with E-state index >= 15 is 0 Å². The number of hydrogen-bond acceptors (Lipinski definition) is 3. The van der Waals surface area contributed by atoms with Crippen molar-refractivity contribution in [2.75, 3.05) is 26.3 Å². The van der Waals surface area contributed by atoms with Gasteiger partial charge in [-0.15, -0.1) is 0 Å². The highest BCUT2D eigenvalue weighted by Gasteiger charge is 2.41. The Morgan fingerprint density at radius 2 is 2.06 bits per heavy atom. The molecule has 2 rings (SSSR count). The van der Waals surface area contributed by atoms with Crippen LogP contribution in [0.5, 0.6) is 0 Å². The fourth-order valence-corrected chi connectivity index (χ4v) is 3.15. The van der Waals surface area contributed by atoms with Gasteiger partial charge in [0.05, 0.1) is 18.8 Å². The minimum absolute atomic E-state index is 0.266. The van der Waals surface area contributed by atoms with Gasteiger partial charge in [-0.2, -0.15) is 0 Å². The third-order valence-corrected chi connectivity index (χ3v) is 4.41. The number of hydrogen-bond donors (Lipinski definition) is 1. The molecule has 1 saturated heterocycles. The molecule has 1 N–H and O–H groups in total. The van der Waals surface area contributed by atoms with Gasteiger partial charge in [-0.05, 0) is 39.0 Å². The molecule has 3 nitrogen and oxygen atoms in total. The van der Waals surface area contributed by atoms with Crippen molar-refractivity contribution in [2.24, 2.45) is 5.92 Å². The van der Waals surface area contributed by atoms with Gasteiger partial charge in [0.25, 0.3) is 0 Å². The predicted molar refractivity (Wildman–Crippen MR) is 69.0 cm³/mol. The summed E-state index contributed by atoms with van der Waals surface area (Å²) in [6.07, 6.45) is 3.00. The van der Waals surface area contributed by atoms with Gasteiger partial charge in [0.15, 0.2) is 0 Å². The van der Waals surface area contributed by atoms with Gasteiger partial charge in [0, 0.05) is 19.1 Å². The number of nitrogens with zero attached hydrogens (tertiary/aromatic N) is 1. The molecular weight excluding hydrogens is 214 g/mol. The number of aliphatic hydroxyl groups is 1. The molecule has 0 aromatic heterocycles. The summed E-state index contributed by atoms with van der Waals surface area (Å²) in [5.41, 5.74) is 0.710. The van der Waals surface area contributed by atoms with E-state index in [1.54, 1.807) is 0 Å². The zero-order valence-electron chi connectivity index (χ0n) is 11.1. The average Bonchev–Trinajstić information content (AvgIpc) is 2.29. The fourth-order valence-electron chi connectivity index (χ4n) is 3.15. The third-order valence-electron chi connectivity index (χ3n) is 4.41. The summed E-state index contributed by atoms with van der Waals surface area (Å²) in [5.74, 6) is 0.572. The van der Waals surface area contributed by atoms with Crippen LogP contribution in [0.15, 0.2) is 12.2 Å². The number of morpholine rings is 1. The molecular formula is C14H25NO2. The molecule has 3 heteroatoms. The molecule has 0 amide bonds. The van der Waals surface area contributed by atoms with Crippen LogP contribution in [0.3, 0.4) is 0 Å². The molecule has 17 heavy (non-hydrogen) atoms. The molecule has 0 aromatic carbocycles. The molecule has 0 bridgehead atoms. The van der Waals surface area contributed by atoms with Crippen LogP contribution in [0.4, 0.5) is 0 Å². The van der Waals surface area contributed by atoms with E-state index in [2.05, 4.69) is 18.4 Å². The molecule has 1 heterocycles. The lowest BCUT2D eigenvalue weighted by molar-refractivity contribution is -0.0938. The van der Waals surface area contributed by atoms with Crippen LogP contribution in [0, 0.1) is 5.92 Å². The van der Waals surface area contributed by atoms with E-state index in [9.17, 15) is 5.11 Å². The predicted octanol–water partition coefficient (Wildman–Crippen LogP) is 1.81. The van der Waals surface area contributed by atoms with Gasteiger partial charge in [-0.1, -0.05) is 12.2 Å². The Morgan fingerprint density at radius 3 is 2.65 bits per heavy atom. The van der Waals surface area contributed by atoms with E-state index in [1.807, 2.05) is 6.92 Å². The van der Waals surface area contributed by atoms with Gasteiger partial charge in [-0.25, -0.2) is 0 Å². The van der Waals surface area contributed by atoms with Crippen molar-refractivity contribution in [3.05, 3.63) is 12.2 Å². The van der Waals surface area contributed by atoms with E-state index in [0.29, 0.717) is 5.92 Å². The Morgan fingerprint density at radius 1 is 1.41 bits per heavy atom. The van der Waals surface area contributed by atoms with Gasteiger partial charge in [0.2, 0.25) is 0 Å². The van der Waals surface area contributed by atoms with Crippen LogP contribution in [-0.2, 0) is 4.74 Å². The lowest BCUT2D eigenvalue weighted by Crippen LogP contribution is -2.57. The summed E-state index contributed by atoms with van der Waals surface area (Å²) in [4.78, 5) is 2.40. The first kappa shape index (κ1) is 13.1. The van der Waals surface area contributed by atoms with E-state index in [4.69, 9.17) is 4.74 Å². The molecule has 1 aliphatic carbocycles. The number of ether oxygens (including phenoxy) is 1. The SMILES string of the molecule is C=C(C)[C@@H]1CC[C@](C)(O)[C@@H](N2CCOCC2)C1. The molecule has 98 valence electrons. The molecule has 0 spiro atoms. The lowest BCUT2D eigenvalue weighted by atomic mass is 9.73. The standard InChI is InChI=1S/C14H25NO2/c1-11(2)12-4-5-14(3,16)13(10-12)15-6-8-17-9-7-15/h12-13,16H,1,4-10H2,2-3H3/t12-,13+,14+/m1/s1. The van der Waals surface area contributed by atoms with Crippen molar-refractivity contribution in [3.8, 4) is 0 Å². The highest BCUT2D eigenvalue weighted by molar-refractivity contribution is 5.05. The largest absolute Gasteiger partial charge is 0.389 e. The molecule has 0 unspecified atom stereocenters. The lowest BCUT2D eigenvalue weighted by Gasteiger charge is -2.47. The first-order chi connectivity index (χ1) is 8.00. The van der Waals surface area contributed by atoms with Gasteiger partial charge >= 0.3 is 0 Å². The van der Waals surface area contributed by atoms with Crippen molar-refractivity contribution in [2.45, 2.75) is 44.8 Å². The summed E-state index contributed by atoms with van der Waals surface area (Å²) in [7, 11) is 0. The Hall–Kier alpha value is -0.380. The second-order valence-corrected chi connectivity index (χ2v) is 5.84. The smallest absolute Gasteiger partial charge is 0.0774 e. The fraction of sp³-hybridized carbons (Fsp3) is 0.857. The van der Waals surface area contributed by atoms with E-state index in [0.717, 1.165) is 45.6 Å². The highest BCUT2D eigenvalue weighted by atomic mass is 16.5. The van der Waals surface area contributed by atoms with E-state index < -0.39 is 5.60 Å². The molecule has 0 radical (unpaired) electrons. The van der Waals surface area contributed by atoms with Crippen molar-refractivity contribution < 1.29 is 9.84 Å². The zero-order chi connectivity index (χ0) is 12.5. The molecule has 1 saturated carbocycles. The summed E-state index contributed by atoms with van der Waals surface area (Å²) in [6, 6.07) is 0.266.